The quantitative estimate of drug-likeness (QED) is 0.607. The summed E-state index contributed by atoms with van der Waals surface area (Å²) in [6.45, 7) is 7.34. The van der Waals surface area contributed by atoms with Gasteiger partial charge in [-0.05, 0) is 43.8 Å². The summed E-state index contributed by atoms with van der Waals surface area (Å²) < 4.78 is 16.9. The summed E-state index contributed by atoms with van der Waals surface area (Å²) in [6.07, 6.45) is 7.17. The van der Waals surface area contributed by atoms with E-state index in [-0.39, 0.29) is 11.6 Å². The molecule has 1 aliphatic heterocycles. The standard InChI is InChI=1S/C23H26FN5O/c1-4-22(30)19(21-15-29-7-5-6-25-23(29)26-21)14-18-16(2)12-17(13-20(18)24)28-10-8-27(3)9-11-28/h5-7,12-15H,4,8-11H2,1-3H3/b19-14-. The summed E-state index contributed by atoms with van der Waals surface area (Å²) in [5.41, 5.74) is 3.01. The van der Waals surface area contributed by atoms with Gasteiger partial charge in [-0.15, -0.1) is 0 Å². The van der Waals surface area contributed by atoms with Crippen molar-refractivity contribution in [1.29, 1.82) is 0 Å². The highest BCUT2D eigenvalue weighted by Crippen LogP contribution is 2.28. The van der Waals surface area contributed by atoms with E-state index >= 15 is 4.39 Å². The van der Waals surface area contributed by atoms with Crippen LogP contribution in [0.1, 0.15) is 30.2 Å². The summed E-state index contributed by atoms with van der Waals surface area (Å²) in [5, 5.41) is 0. The number of anilines is 1. The van der Waals surface area contributed by atoms with Gasteiger partial charge < -0.3 is 9.80 Å². The first-order valence-corrected chi connectivity index (χ1v) is 10.2. The monoisotopic (exact) mass is 407 g/mol. The number of aryl methyl sites for hydroxylation is 1. The van der Waals surface area contributed by atoms with E-state index in [1.807, 2.05) is 19.2 Å². The molecule has 0 atom stereocenters. The second-order valence-corrected chi connectivity index (χ2v) is 7.74. The predicted octanol–water partition coefficient (Wildman–Crippen LogP) is 3.45. The molecule has 6 nitrogen and oxygen atoms in total. The Bertz CT molecular complexity index is 1060. The van der Waals surface area contributed by atoms with Crippen LogP contribution >= 0.6 is 0 Å². The van der Waals surface area contributed by atoms with Gasteiger partial charge in [-0.3, -0.25) is 9.20 Å². The fourth-order valence-corrected chi connectivity index (χ4v) is 3.76. The van der Waals surface area contributed by atoms with Crippen molar-refractivity contribution in [3.63, 3.8) is 0 Å². The number of hydrogen-bond donors (Lipinski definition) is 0. The van der Waals surface area contributed by atoms with Crippen LogP contribution in [0, 0.1) is 12.7 Å². The van der Waals surface area contributed by atoms with Gasteiger partial charge in [0.15, 0.2) is 5.78 Å². The van der Waals surface area contributed by atoms with Crippen LogP contribution < -0.4 is 4.90 Å². The van der Waals surface area contributed by atoms with Crippen molar-refractivity contribution >= 4 is 28.9 Å². The van der Waals surface area contributed by atoms with Gasteiger partial charge in [0.1, 0.15) is 5.82 Å². The molecule has 0 amide bonds. The molecule has 0 radical (unpaired) electrons. The number of ketones is 1. The number of Topliss-reactive ketones (excluding diaryl/α,β-unsaturated/α-hetero) is 1. The molecule has 0 saturated carbocycles. The van der Waals surface area contributed by atoms with E-state index in [0.29, 0.717) is 29.0 Å². The first-order valence-electron chi connectivity index (χ1n) is 10.2. The van der Waals surface area contributed by atoms with Gasteiger partial charge in [0.2, 0.25) is 5.78 Å². The van der Waals surface area contributed by atoms with Crippen LogP contribution in [0.2, 0.25) is 0 Å². The van der Waals surface area contributed by atoms with E-state index in [4.69, 9.17) is 0 Å². The number of halogens is 1. The van der Waals surface area contributed by atoms with Gasteiger partial charge in [0.05, 0.1) is 5.69 Å². The molecular formula is C23H26FN5O. The Morgan fingerprint density at radius 1 is 1.23 bits per heavy atom. The molecule has 1 aliphatic rings. The molecule has 2 aromatic heterocycles. The number of allylic oxidation sites excluding steroid dienone is 1. The van der Waals surface area contributed by atoms with Crippen molar-refractivity contribution in [2.75, 3.05) is 38.1 Å². The first-order chi connectivity index (χ1) is 14.5. The van der Waals surface area contributed by atoms with Crippen LogP contribution in [0.4, 0.5) is 10.1 Å². The molecule has 0 bridgehead atoms. The number of hydrogen-bond acceptors (Lipinski definition) is 5. The molecule has 30 heavy (non-hydrogen) atoms. The smallest absolute Gasteiger partial charge is 0.234 e. The zero-order valence-corrected chi connectivity index (χ0v) is 17.6. The van der Waals surface area contributed by atoms with E-state index in [1.165, 1.54) is 0 Å². The Morgan fingerprint density at radius 3 is 2.67 bits per heavy atom. The minimum Gasteiger partial charge on any atom is -0.369 e. The van der Waals surface area contributed by atoms with E-state index in [0.717, 1.165) is 37.4 Å². The molecule has 0 spiro atoms. The maximum absolute atomic E-state index is 15.2. The fourth-order valence-electron chi connectivity index (χ4n) is 3.76. The van der Waals surface area contributed by atoms with Crippen LogP contribution in [-0.2, 0) is 4.79 Å². The van der Waals surface area contributed by atoms with Gasteiger partial charge >= 0.3 is 0 Å². The highest BCUT2D eigenvalue weighted by atomic mass is 19.1. The molecule has 3 heterocycles. The Morgan fingerprint density at radius 2 is 2.00 bits per heavy atom. The van der Waals surface area contributed by atoms with E-state index in [9.17, 15) is 4.79 Å². The van der Waals surface area contributed by atoms with Crippen LogP contribution in [0.25, 0.3) is 17.4 Å². The molecule has 156 valence electrons. The lowest BCUT2D eigenvalue weighted by molar-refractivity contribution is -0.113. The highest BCUT2D eigenvalue weighted by Gasteiger charge is 2.19. The molecule has 0 unspecified atom stereocenters. The van der Waals surface area contributed by atoms with Crippen LogP contribution in [0.5, 0.6) is 0 Å². The fraction of sp³-hybridized carbons (Fsp3) is 0.348. The van der Waals surface area contributed by atoms with Crippen molar-refractivity contribution < 1.29 is 9.18 Å². The van der Waals surface area contributed by atoms with Gasteiger partial charge in [-0.25, -0.2) is 14.4 Å². The molecular weight excluding hydrogens is 381 g/mol. The summed E-state index contributed by atoms with van der Waals surface area (Å²) in [5.74, 6) is 0.0949. The minimum atomic E-state index is -0.327. The number of aromatic nitrogens is 3. The second kappa shape index (κ2) is 8.36. The molecule has 0 aliphatic carbocycles. The Labute approximate surface area is 175 Å². The van der Waals surface area contributed by atoms with E-state index in [2.05, 4.69) is 26.8 Å². The summed E-state index contributed by atoms with van der Waals surface area (Å²) in [4.78, 5) is 25.8. The Kier molecular flexibility index (Phi) is 5.63. The third-order valence-corrected chi connectivity index (χ3v) is 5.61. The van der Waals surface area contributed by atoms with Gasteiger partial charge in [0.25, 0.3) is 0 Å². The van der Waals surface area contributed by atoms with Crippen LogP contribution in [-0.4, -0.2) is 58.3 Å². The number of benzene rings is 1. The number of rotatable bonds is 5. The van der Waals surface area contributed by atoms with Crippen molar-refractivity contribution in [1.82, 2.24) is 19.3 Å². The normalized spacial score (nSPS) is 15.7. The minimum absolute atomic E-state index is 0.0830. The van der Waals surface area contributed by atoms with Crippen molar-refractivity contribution in [2.24, 2.45) is 0 Å². The number of carbonyl (C=O) groups excluding carboxylic acids is 1. The summed E-state index contributed by atoms with van der Waals surface area (Å²) in [6, 6.07) is 5.37. The predicted molar refractivity (Wildman–Crippen MR) is 117 cm³/mol. The van der Waals surface area contributed by atoms with Gasteiger partial charge in [-0.2, -0.15) is 0 Å². The molecule has 0 N–H and O–H groups in total. The molecule has 1 fully saturated rings. The first kappa shape index (κ1) is 20.2. The lowest BCUT2D eigenvalue weighted by Crippen LogP contribution is -2.44. The molecule has 1 saturated heterocycles. The molecule has 1 aromatic carbocycles. The van der Waals surface area contributed by atoms with Gasteiger partial charge in [0, 0.05) is 68.0 Å². The second-order valence-electron chi connectivity index (χ2n) is 7.74. The topological polar surface area (TPSA) is 53.7 Å². The zero-order chi connectivity index (χ0) is 21.3. The number of fused-ring (bicyclic) bond motifs is 1. The van der Waals surface area contributed by atoms with Crippen molar-refractivity contribution in [2.45, 2.75) is 20.3 Å². The third-order valence-electron chi connectivity index (χ3n) is 5.61. The summed E-state index contributed by atoms with van der Waals surface area (Å²) >= 11 is 0. The number of imidazole rings is 1. The molecule has 7 heteroatoms. The summed E-state index contributed by atoms with van der Waals surface area (Å²) in [7, 11) is 2.10. The maximum atomic E-state index is 15.2. The van der Waals surface area contributed by atoms with Crippen LogP contribution in [0.15, 0.2) is 36.8 Å². The zero-order valence-electron chi connectivity index (χ0n) is 17.6. The van der Waals surface area contributed by atoms with Crippen molar-refractivity contribution in [3.05, 3.63) is 59.4 Å². The maximum Gasteiger partial charge on any atom is 0.234 e. The number of nitrogens with zero attached hydrogens (tertiary/aromatic N) is 5. The van der Waals surface area contributed by atoms with Crippen molar-refractivity contribution in [3.8, 4) is 0 Å². The van der Waals surface area contributed by atoms with E-state index < -0.39 is 0 Å². The largest absolute Gasteiger partial charge is 0.369 e. The highest BCUT2D eigenvalue weighted by molar-refractivity contribution is 6.24. The molecule has 3 aromatic rings. The number of carbonyl (C=O) groups is 1. The number of piperazine rings is 1. The Balaban J connectivity index is 1.73. The average molecular weight is 407 g/mol. The molecule has 4 rings (SSSR count). The SMILES string of the molecule is CCC(=O)/C(=C\c1c(C)cc(N2CCN(C)CC2)cc1F)c1cn2cccnc2n1. The average Bonchev–Trinajstić information content (AvgIpc) is 3.17. The third kappa shape index (κ3) is 3.98. The van der Waals surface area contributed by atoms with Crippen LogP contribution in [0.3, 0.4) is 0 Å². The Hall–Kier alpha value is -3.06. The lowest BCUT2D eigenvalue weighted by Gasteiger charge is -2.34. The van der Waals surface area contributed by atoms with Gasteiger partial charge in [-0.1, -0.05) is 6.92 Å². The van der Waals surface area contributed by atoms with E-state index in [1.54, 1.807) is 41.9 Å². The lowest BCUT2D eigenvalue weighted by atomic mass is 9.99. The number of likely N-dealkylation sites (N-methyl/N-ethyl adjacent to an activating group) is 1.